The predicted molar refractivity (Wildman–Crippen MR) is 80.8 cm³/mol. The van der Waals surface area contributed by atoms with Gasteiger partial charge < -0.3 is 25.0 Å². The van der Waals surface area contributed by atoms with E-state index in [0.29, 0.717) is 0 Å². The molecule has 11 nitrogen and oxygen atoms in total. The number of hydrogen-bond acceptors (Lipinski definition) is 7. The van der Waals surface area contributed by atoms with Gasteiger partial charge in [0.2, 0.25) is 0 Å². The van der Waals surface area contributed by atoms with E-state index in [-0.39, 0.29) is 0 Å². The number of carbonyl (C=O) groups excluding carboxylic acids is 1. The van der Waals surface area contributed by atoms with Gasteiger partial charge in [0, 0.05) is 20.3 Å². The Morgan fingerprint density at radius 3 is 2.79 bits per heavy atom. The summed E-state index contributed by atoms with van der Waals surface area (Å²) >= 11 is 0. The third-order valence-corrected chi connectivity index (χ3v) is 4.66. The van der Waals surface area contributed by atoms with E-state index in [0.717, 1.165) is 0 Å². The first-order valence-electron chi connectivity index (χ1n) is 7.23. The van der Waals surface area contributed by atoms with Crippen molar-refractivity contribution in [1.82, 2.24) is 15.1 Å². The molecule has 134 valence electrons. The molecule has 2 saturated heterocycles. The van der Waals surface area contributed by atoms with Crippen LogP contribution in [-0.4, -0.2) is 83.6 Å². The number of carbonyl (C=O) groups is 1. The molecule has 0 bridgehead atoms. The minimum atomic E-state index is -4.22. The Morgan fingerprint density at radius 2 is 2.17 bits per heavy atom. The van der Waals surface area contributed by atoms with Gasteiger partial charge in [-0.1, -0.05) is 0 Å². The van der Waals surface area contributed by atoms with E-state index in [1.165, 1.54) is 11.1 Å². The third kappa shape index (κ3) is 3.32. The highest BCUT2D eigenvalue weighted by molar-refractivity contribution is 7.47. The average Bonchev–Trinajstić information content (AvgIpc) is 2.98. The predicted octanol–water partition coefficient (Wildman–Crippen LogP) is -0.957. The maximum atomic E-state index is 12.3. The Hall–Kier alpha value is -1.49. The Bertz CT molecular complexity index is 612. The van der Waals surface area contributed by atoms with E-state index < -0.39 is 51.2 Å². The molecule has 0 aromatic carbocycles. The largest absolute Gasteiger partial charge is 0.473 e. The van der Waals surface area contributed by atoms with Gasteiger partial charge in [0.25, 0.3) is 0 Å². The highest BCUT2D eigenvalue weighted by atomic mass is 31.2. The van der Waals surface area contributed by atoms with Crippen molar-refractivity contribution in [3.63, 3.8) is 0 Å². The minimum Gasteiger partial charge on any atom is -0.394 e. The first kappa shape index (κ1) is 17.3. The van der Waals surface area contributed by atoms with Crippen LogP contribution in [-0.2, 0) is 18.3 Å². The number of phosphoric acid groups is 1. The van der Waals surface area contributed by atoms with Gasteiger partial charge in [-0.05, 0) is 6.08 Å². The Balaban J connectivity index is 1.76. The molecule has 0 spiro atoms. The van der Waals surface area contributed by atoms with Crippen molar-refractivity contribution in [2.75, 3.05) is 20.7 Å². The zero-order valence-electron chi connectivity index (χ0n) is 13.1. The summed E-state index contributed by atoms with van der Waals surface area (Å²) in [4.78, 5) is 28.8. The van der Waals surface area contributed by atoms with Crippen LogP contribution in [0, 0.1) is 0 Å². The Kier molecular flexibility index (Phi) is 4.65. The molecule has 24 heavy (non-hydrogen) atoms. The summed E-state index contributed by atoms with van der Waals surface area (Å²) in [6.45, 7) is -0.435. The van der Waals surface area contributed by atoms with Crippen molar-refractivity contribution < 1.29 is 33.1 Å². The van der Waals surface area contributed by atoms with Gasteiger partial charge in [0.15, 0.2) is 6.23 Å². The topological polar surface area (TPSA) is 133 Å². The summed E-state index contributed by atoms with van der Waals surface area (Å²) in [7, 11) is -0.612. The zero-order chi connectivity index (χ0) is 17.5. The first-order valence-corrected chi connectivity index (χ1v) is 8.73. The number of urea groups is 1. The average molecular weight is 362 g/mol. The maximum absolute atomic E-state index is 12.3. The molecular formula is C12H19N4O7P. The number of aliphatic imine (C=N–C) groups is 1. The van der Waals surface area contributed by atoms with Gasteiger partial charge >= 0.3 is 13.9 Å². The van der Waals surface area contributed by atoms with Crippen LogP contribution in [0.3, 0.4) is 0 Å². The van der Waals surface area contributed by atoms with Crippen molar-refractivity contribution in [3.05, 3.63) is 12.3 Å². The molecule has 3 aliphatic rings. The van der Waals surface area contributed by atoms with Crippen LogP contribution < -0.4 is 5.32 Å². The zero-order valence-corrected chi connectivity index (χ0v) is 13.9. The summed E-state index contributed by atoms with van der Waals surface area (Å²) in [5, 5.41) is 12.0. The smallest absolute Gasteiger partial charge is 0.394 e. The van der Waals surface area contributed by atoms with Gasteiger partial charge in [-0.25, -0.2) is 14.4 Å². The van der Waals surface area contributed by atoms with Crippen LogP contribution in [0.4, 0.5) is 4.79 Å². The molecule has 0 aromatic heterocycles. The summed E-state index contributed by atoms with van der Waals surface area (Å²) in [6.07, 6.45) is 0.342. The van der Waals surface area contributed by atoms with E-state index >= 15 is 0 Å². The number of phosphoric ester groups is 1. The number of fused-ring (bicyclic) bond motifs is 1. The van der Waals surface area contributed by atoms with Crippen molar-refractivity contribution in [2.45, 2.75) is 30.7 Å². The third-order valence-electron chi connectivity index (χ3n) is 3.64. The fourth-order valence-electron chi connectivity index (χ4n) is 2.63. The van der Waals surface area contributed by atoms with Crippen molar-refractivity contribution in [1.29, 1.82) is 0 Å². The lowest BCUT2D eigenvalue weighted by molar-refractivity contribution is -0.0719. The normalized spacial score (nSPS) is 41.8. The second kappa shape index (κ2) is 6.43. The molecule has 0 aromatic rings. The quantitative estimate of drug-likeness (QED) is 0.331. The number of aliphatic hydroxyl groups excluding tert-OH is 1. The molecule has 12 heteroatoms. The number of nitrogens with one attached hydrogen (secondary N) is 1. The monoisotopic (exact) mass is 362 g/mol. The van der Waals surface area contributed by atoms with Gasteiger partial charge in [-0.2, -0.15) is 0 Å². The summed E-state index contributed by atoms with van der Waals surface area (Å²) in [5.41, 5.74) is 0. The second-order valence-corrected chi connectivity index (χ2v) is 7.09. The fraction of sp³-hybridized carbons (Fsp3) is 0.667. The molecule has 3 heterocycles. The van der Waals surface area contributed by atoms with Crippen LogP contribution >= 0.6 is 7.82 Å². The molecule has 2 unspecified atom stereocenters. The van der Waals surface area contributed by atoms with Crippen molar-refractivity contribution >= 4 is 20.2 Å². The lowest BCUT2D eigenvalue weighted by Gasteiger charge is -2.31. The molecule has 3 aliphatic heterocycles. The maximum Gasteiger partial charge on any atom is 0.473 e. The molecular weight excluding hydrogens is 343 g/mol. The van der Waals surface area contributed by atoms with Crippen LogP contribution in [0.1, 0.15) is 0 Å². The van der Waals surface area contributed by atoms with E-state index in [2.05, 4.69) is 10.3 Å². The van der Waals surface area contributed by atoms with E-state index in [1.807, 2.05) is 0 Å². The van der Waals surface area contributed by atoms with Crippen LogP contribution in [0.15, 0.2) is 17.3 Å². The van der Waals surface area contributed by atoms with E-state index in [4.69, 9.17) is 13.8 Å². The highest BCUT2D eigenvalue weighted by Crippen LogP contribution is 2.57. The number of rotatable bonds is 4. The first-order chi connectivity index (χ1) is 11.3. The van der Waals surface area contributed by atoms with Gasteiger partial charge in [0.1, 0.15) is 24.5 Å². The fourth-order valence-corrected chi connectivity index (χ4v) is 3.78. The summed E-state index contributed by atoms with van der Waals surface area (Å²) in [5.74, 6) is 0. The number of hydrogen-bond donors (Lipinski definition) is 3. The molecule has 3 N–H and O–H groups in total. The molecule has 2 fully saturated rings. The Morgan fingerprint density at radius 1 is 1.46 bits per heavy atom. The van der Waals surface area contributed by atoms with Crippen LogP contribution in [0.2, 0.25) is 0 Å². The van der Waals surface area contributed by atoms with Gasteiger partial charge in [-0.3, -0.25) is 13.9 Å². The van der Waals surface area contributed by atoms with Gasteiger partial charge in [0.05, 0.1) is 12.9 Å². The summed E-state index contributed by atoms with van der Waals surface area (Å²) < 4.78 is 27.1. The molecule has 3 rings (SSSR count). The van der Waals surface area contributed by atoms with Crippen molar-refractivity contribution in [3.8, 4) is 0 Å². The van der Waals surface area contributed by atoms with Crippen LogP contribution in [0.25, 0.3) is 0 Å². The summed E-state index contributed by atoms with van der Waals surface area (Å²) in [6, 6.07) is -0.510. The van der Waals surface area contributed by atoms with Crippen LogP contribution in [0.5, 0.6) is 0 Å². The lowest BCUT2D eigenvalue weighted by Crippen LogP contribution is -2.52. The number of ether oxygens (including phenoxy) is 1. The number of nitrogens with zero attached hydrogens (tertiary/aromatic N) is 3. The standard InChI is InChI=1S/C12H19N4O7P/c1-15(2)6-13-8-3-4-16(12(18)14-8)11-10-9(7(5-17)21-11)22-24(19,20)23-10/h3-4,6-11,17H,5H2,1-2H3,(H,14,18)(H,19,20)/b13-6-/t7-,8?,9-,10-,11-/m1/s1. The Labute approximate surface area is 138 Å². The SMILES string of the molecule is CN(C)/C=N\C1C=CN([C@@H]2O[C@H](CO)[C@H]3OP(=O)(O)O[C@H]32)C(=O)N1. The lowest BCUT2D eigenvalue weighted by atomic mass is 10.1. The second-order valence-electron chi connectivity index (χ2n) is 5.73. The molecule has 0 radical (unpaired) electrons. The minimum absolute atomic E-state index is 0.435. The van der Waals surface area contributed by atoms with Crippen molar-refractivity contribution in [2.24, 2.45) is 4.99 Å². The number of aliphatic hydroxyl groups is 1. The van der Waals surface area contributed by atoms with E-state index in [9.17, 15) is 19.4 Å². The highest BCUT2D eigenvalue weighted by Gasteiger charge is 2.59. The molecule has 6 atom stereocenters. The van der Waals surface area contributed by atoms with E-state index in [1.54, 1.807) is 31.4 Å². The number of amides is 2. The molecule has 0 aliphatic carbocycles. The molecule has 0 saturated carbocycles. The van der Waals surface area contributed by atoms with Gasteiger partial charge in [-0.15, -0.1) is 0 Å². The molecule has 2 amide bonds.